The summed E-state index contributed by atoms with van der Waals surface area (Å²) < 4.78 is 5.57. The first-order chi connectivity index (χ1) is 9.33. The number of hydrogen-bond donors (Lipinski definition) is 2. The Hall–Kier alpha value is -0.910. The van der Waals surface area contributed by atoms with Crippen molar-refractivity contribution in [3.63, 3.8) is 0 Å². The fraction of sp³-hybridized carbons (Fsp3) is 0.500. The van der Waals surface area contributed by atoms with Crippen LogP contribution in [0, 0.1) is 0 Å². The summed E-state index contributed by atoms with van der Waals surface area (Å²) in [5.74, 6) is 3.15. The molecule has 0 aromatic heterocycles. The monoisotopic (exact) mass is 314 g/mol. The van der Waals surface area contributed by atoms with Crippen LogP contribution in [0.5, 0.6) is 5.75 Å². The van der Waals surface area contributed by atoms with E-state index in [1.54, 1.807) is 0 Å². The van der Waals surface area contributed by atoms with Crippen molar-refractivity contribution in [3.8, 4) is 5.75 Å². The average Bonchev–Trinajstić information content (AvgIpc) is 2.83. The zero-order valence-corrected chi connectivity index (χ0v) is 12.8. The molecule has 1 aromatic rings. The highest BCUT2D eigenvalue weighted by Gasteiger charge is 2.26. The highest BCUT2D eigenvalue weighted by molar-refractivity contribution is 7.99. The summed E-state index contributed by atoms with van der Waals surface area (Å²) in [4.78, 5) is 12.1. The fourth-order valence-corrected chi connectivity index (χ4v) is 3.46. The summed E-state index contributed by atoms with van der Waals surface area (Å²) in [6.45, 7) is 1.54. The molecule has 0 spiro atoms. The summed E-state index contributed by atoms with van der Waals surface area (Å²) >= 11 is 1.91. The van der Waals surface area contributed by atoms with Gasteiger partial charge in [0.15, 0.2) is 0 Å². The highest BCUT2D eigenvalue weighted by atomic mass is 35.5. The van der Waals surface area contributed by atoms with Crippen molar-refractivity contribution >= 4 is 30.1 Å². The lowest BCUT2D eigenvalue weighted by atomic mass is 10.1. The highest BCUT2D eigenvalue weighted by Crippen LogP contribution is 2.31. The Bertz CT molecular complexity index is 466. The number of thioether (sulfide) groups is 1. The van der Waals surface area contributed by atoms with Crippen LogP contribution >= 0.6 is 24.2 Å². The lowest BCUT2D eigenvalue weighted by molar-refractivity contribution is -0.122. The van der Waals surface area contributed by atoms with E-state index in [2.05, 4.69) is 10.6 Å². The Labute approximate surface area is 129 Å². The molecule has 2 unspecified atom stereocenters. The van der Waals surface area contributed by atoms with E-state index in [1.165, 1.54) is 0 Å². The number of halogens is 1. The van der Waals surface area contributed by atoms with Gasteiger partial charge < -0.3 is 15.4 Å². The third-order valence-electron chi connectivity index (χ3n) is 3.47. The van der Waals surface area contributed by atoms with Gasteiger partial charge in [0.05, 0.1) is 6.04 Å². The molecule has 1 amide bonds. The van der Waals surface area contributed by atoms with Crippen molar-refractivity contribution in [2.45, 2.75) is 18.5 Å². The average molecular weight is 315 g/mol. The number of hydrogen-bond acceptors (Lipinski definition) is 4. The van der Waals surface area contributed by atoms with Crippen molar-refractivity contribution in [2.75, 3.05) is 24.7 Å². The third kappa shape index (κ3) is 3.59. The zero-order chi connectivity index (χ0) is 13.1. The second-order valence-corrected chi connectivity index (χ2v) is 6.05. The van der Waals surface area contributed by atoms with Gasteiger partial charge >= 0.3 is 0 Å². The quantitative estimate of drug-likeness (QED) is 0.892. The number of carbonyl (C=O) groups excluding carboxylic acids is 1. The SMILES string of the molecule is Cl.O=C(CC1CSCCN1)NC1COc2ccccc21. The molecule has 6 heteroatoms. The van der Waals surface area contributed by atoms with Crippen molar-refractivity contribution in [1.29, 1.82) is 0 Å². The number of nitrogens with one attached hydrogen (secondary N) is 2. The van der Waals surface area contributed by atoms with Crippen LogP contribution in [0.3, 0.4) is 0 Å². The number of ether oxygens (including phenoxy) is 1. The van der Waals surface area contributed by atoms with Gasteiger partial charge in [0.2, 0.25) is 5.91 Å². The van der Waals surface area contributed by atoms with Crippen LogP contribution in [-0.4, -0.2) is 36.6 Å². The van der Waals surface area contributed by atoms with Gasteiger partial charge in [-0.05, 0) is 6.07 Å². The van der Waals surface area contributed by atoms with Crippen LogP contribution in [0.15, 0.2) is 24.3 Å². The van der Waals surface area contributed by atoms with E-state index in [-0.39, 0.29) is 24.4 Å². The molecular formula is C14H19ClN2O2S. The predicted octanol–water partition coefficient (Wildman–Crippen LogP) is 1.75. The van der Waals surface area contributed by atoms with Gasteiger partial charge in [0.25, 0.3) is 0 Å². The smallest absolute Gasteiger partial charge is 0.222 e. The molecule has 0 bridgehead atoms. The van der Waals surface area contributed by atoms with Crippen molar-refractivity contribution in [2.24, 2.45) is 0 Å². The van der Waals surface area contributed by atoms with Crippen molar-refractivity contribution < 1.29 is 9.53 Å². The standard InChI is InChI=1S/C14H18N2O2S.ClH/c17-14(7-10-9-19-6-5-15-10)16-12-8-18-13-4-2-1-3-11(12)13;/h1-4,10,12,15H,5-9H2,(H,16,17);1H. The molecule has 1 fully saturated rings. The van der Waals surface area contributed by atoms with Crippen LogP contribution in [0.25, 0.3) is 0 Å². The van der Waals surface area contributed by atoms with Gasteiger partial charge in [-0.2, -0.15) is 11.8 Å². The van der Waals surface area contributed by atoms with E-state index in [9.17, 15) is 4.79 Å². The Morgan fingerprint density at radius 2 is 2.30 bits per heavy atom. The maximum absolute atomic E-state index is 12.1. The molecule has 2 atom stereocenters. The van der Waals surface area contributed by atoms with E-state index in [0.717, 1.165) is 29.4 Å². The van der Waals surface area contributed by atoms with Crippen LogP contribution in [-0.2, 0) is 4.79 Å². The molecule has 1 aromatic carbocycles. The van der Waals surface area contributed by atoms with Gasteiger partial charge in [-0.3, -0.25) is 4.79 Å². The van der Waals surface area contributed by atoms with E-state index in [4.69, 9.17) is 4.74 Å². The first kappa shape index (κ1) is 15.5. The molecule has 1 saturated heterocycles. The minimum Gasteiger partial charge on any atom is -0.491 e. The van der Waals surface area contributed by atoms with Crippen LogP contribution in [0.1, 0.15) is 18.0 Å². The van der Waals surface area contributed by atoms with Gasteiger partial charge in [-0.1, -0.05) is 18.2 Å². The fourth-order valence-electron chi connectivity index (χ4n) is 2.51. The number of para-hydroxylation sites is 1. The first-order valence-electron chi connectivity index (χ1n) is 6.65. The van der Waals surface area contributed by atoms with Gasteiger partial charge in [-0.25, -0.2) is 0 Å². The first-order valence-corrected chi connectivity index (χ1v) is 7.80. The molecule has 4 nitrogen and oxygen atoms in total. The normalized spacial score (nSPS) is 24.2. The molecule has 20 heavy (non-hydrogen) atoms. The lowest BCUT2D eigenvalue weighted by Crippen LogP contribution is -2.42. The summed E-state index contributed by atoms with van der Waals surface area (Å²) in [5.41, 5.74) is 1.09. The maximum atomic E-state index is 12.1. The maximum Gasteiger partial charge on any atom is 0.222 e. The summed E-state index contributed by atoms with van der Waals surface area (Å²) in [6.07, 6.45) is 0.547. The topological polar surface area (TPSA) is 50.4 Å². The molecular weight excluding hydrogens is 296 g/mol. The molecule has 0 saturated carbocycles. The number of benzene rings is 1. The largest absolute Gasteiger partial charge is 0.491 e. The summed E-state index contributed by atoms with van der Waals surface area (Å²) in [7, 11) is 0. The molecule has 2 aliphatic rings. The van der Waals surface area contributed by atoms with Crippen molar-refractivity contribution in [1.82, 2.24) is 10.6 Å². The van der Waals surface area contributed by atoms with Gasteiger partial charge in [-0.15, -0.1) is 12.4 Å². The molecule has 0 aliphatic carbocycles. The third-order valence-corrected chi connectivity index (χ3v) is 4.60. The van der Waals surface area contributed by atoms with E-state index in [1.807, 2.05) is 36.0 Å². The van der Waals surface area contributed by atoms with Gasteiger partial charge in [0.1, 0.15) is 12.4 Å². The Kier molecular flexibility index (Phi) is 5.57. The molecule has 2 aliphatic heterocycles. The number of amides is 1. The van der Waals surface area contributed by atoms with E-state index >= 15 is 0 Å². The second-order valence-electron chi connectivity index (χ2n) is 4.90. The summed E-state index contributed by atoms with van der Waals surface area (Å²) in [6, 6.07) is 8.19. The molecule has 2 N–H and O–H groups in total. The number of fused-ring (bicyclic) bond motifs is 1. The minimum absolute atomic E-state index is 0. The Morgan fingerprint density at radius 1 is 1.45 bits per heavy atom. The zero-order valence-electron chi connectivity index (χ0n) is 11.1. The molecule has 110 valence electrons. The molecule has 2 heterocycles. The molecule has 0 radical (unpaired) electrons. The van der Waals surface area contributed by atoms with Crippen LogP contribution < -0.4 is 15.4 Å². The summed E-state index contributed by atoms with van der Waals surface area (Å²) in [5, 5.41) is 6.45. The van der Waals surface area contributed by atoms with E-state index in [0.29, 0.717) is 19.1 Å². The lowest BCUT2D eigenvalue weighted by Gasteiger charge is -2.23. The van der Waals surface area contributed by atoms with Crippen molar-refractivity contribution in [3.05, 3.63) is 29.8 Å². The molecule has 3 rings (SSSR count). The van der Waals surface area contributed by atoms with Gasteiger partial charge in [0, 0.05) is 36.1 Å². The van der Waals surface area contributed by atoms with Crippen LogP contribution in [0.2, 0.25) is 0 Å². The van der Waals surface area contributed by atoms with Crippen LogP contribution in [0.4, 0.5) is 0 Å². The Balaban J connectivity index is 0.00000147. The predicted molar refractivity (Wildman–Crippen MR) is 83.8 cm³/mol. The number of carbonyl (C=O) groups is 1. The second kappa shape index (κ2) is 7.20. The van der Waals surface area contributed by atoms with E-state index < -0.39 is 0 Å². The number of rotatable bonds is 3. The minimum atomic E-state index is -0.0000522. The Morgan fingerprint density at radius 3 is 3.10 bits per heavy atom.